The lowest BCUT2D eigenvalue weighted by molar-refractivity contribution is -0.126. The molecule has 0 aliphatic carbocycles. The second-order valence-electron chi connectivity index (χ2n) is 9.24. The molecule has 46 heavy (non-hydrogen) atoms. The van der Waals surface area contributed by atoms with E-state index in [1.807, 2.05) is 0 Å². The van der Waals surface area contributed by atoms with Gasteiger partial charge in [0.15, 0.2) is 0 Å². The molecule has 0 saturated carbocycles. The molecule has 10 nitrogen and oxygen atoms in total. The number of halogens is 4. The zero-order valence-corrected chi connectivity index (χ0v) is 28.2. The number of benzene rings is 4. The van der Waals surface area contributed by atoms with Crippen LogP contribution in [0.1, 0.15) is 44.7 Å². The zero-order chi connectivity index (χ0) is 33.1. The summed E-state index contributed by atoms with van der Waals surface area (Å²) in [4.78, 5) is 49.6. The zero-order valence-electron chi connectivity index (χ0n) is 23.5. The van der Waals surface area contributed by atoms with Crippen LogP contribution in [0.15, 0.2) is 104 Å². The van der Waals surface area contributed by atoms with E-state index in [4.69, 9.17) is 32.7 Å². The van der Waals surface area contributed by atoms with E-state index in [1.165, 1.54) is 36.7 Å². The number of ether oxygens (including phenoxy) is 2. The molecule has 4 rings (SSSR count). The number of carbonyl (C=O) groups excluding carboxylic acids is 4. The lowest BCUT2D eigenvalue weighted by Crippen LogP contribution is -2.23. The van der Waals surface area contributed by atoms with Crippen molar-refractivity contribution in [2.24, 2.45) is 10.2 Å². The first-order valence-corrected chi connectivity index (χ1v) is 15.6. The Bertz CT molecular complexity index is 1680. The standard InChI is InChI=1S/C32H22Br2Cl2N4O6/c33-23-5-11-27(45-31(43)19-1-7-25(35)8-2-19)21(15-23)17-37-39-29(41)13-14-30(42)40-38-18-22-16-24(34)6-12-28(22)46-32(44)20-3-9-26(36)10-4-20/h1-12,15-18H,13-14H2,(H,39,41)(H,40,42)/b37-17+,38-18+. The Labute approximate surface area is 290 Å². The minimum atomic E-state index is -0.596. The Kier molecular flexibility index (Phi) is 12.6. The highest BCUT2D eigenvalue weighted by Crippen LogP contribution is 2.24. The van der Waals surface area contributed by atoms with Gasteiger partial charge >= 0.3 is 11.9 Å². The highest BCUT2D eigenvalue weighted by molar-refractivity contribution is 9.10. The maximum Gasteiger partial charge on any atom is 0.343 e. The van der Waals surface area contributed by atoms with Crippen molar-refractivity contribution in [3.63, 3.8) is 0 Å². The van der Waals surface area contributed by atoms with Crippen LogP contribution in [-0.2, 0) is 9.59 Å². The number of hydrogen-bond acceptors (Lipinski definition) is 8. The van der Waals surface area contributed by atoms with Crippen LogP contribution in [-0.4, -0.2) is 36.2 Å². The molecule has 0 aliphatic rings. The molecule has 0 saturated heterocycles. The summed E-state index contributed by atoms with van der Waals surface area (Å²) in [6.07, 6.45) is 2.26. The molecular formula is C32H22Br2Cl2N4O6. The van der Waals surface area contributed by atoms with E-state index in [0.29, 0.717) is 41.2 Å². The summed E-state index contributed by atoms with van der Waals surface area (Å²) in [5, 5.41) is 8.80. The first-order chi connectivity index (χ1) is 22.1. The van der Waals surface area contributed by atoms with Crippen molar-refractivity contribution in [3.05, 3.63) is 126 Å². The third kappa shape index (κ3) is 10.6. The highest BCUT2D eigenvalue weighted by Gasteiger charge is 2.14. The maximum atomic E-state index is 12.5. The fraction of sp³-hybridized carbons (Fsp3) is 0.0625. The van der Waals surface area contributed by atoms with Crippen molar-refractivity contribution >= 4 is 91.2 Å². The molecule has 0 bridgehead atoms. The van der Waals surface area contributed by atoms with Crippen LogP contribution in [0.3, 0.4) is 0 Å². The molecule has 0 radical (unpaired) electrons. The SMILES string of the molecule is O=C(CCC(=O)N/N=C/c1cc(Br)ccc1OC(=O)c1ccc(Cl)cc1)N/N=C/c1cc(Br)ccc1OC(=O)c1ccc(Cl)cc1. The van der Waals surface area contributed by atoms with Gasteiger partial charge in [-0.15, -0.1) is 0 Å². The third-order valence-corrected chi connectivity index (χ3v) is 7.36. The van der Waals surface area contributed by atoms with Crippen LogP contribution in [0, 0.1) is 0 Å². The monoisotopic (exact) mass is 786 g/mol. The summed E-state index contributed by atoms with van der Waals surface area (Å²) in [7, 11) is 0. The second kappa shape index (κ2) is 16.8. The van der Waals surface area contributed by atoms with Crippen LogP contribution in [0.4, 0.5) is 0 Å². The van der Waals surface area contributed by atoms with Gasteiger partial charge in [0, 0.05) is 43.0 Å². The summed E-state index contributed by atoms with van der Waals surface area (Å²) in [6.45, 7) is 0. The van der Waals surface area contributed by atoms with Crippen molar-refractivity contribution in [2.75, 3.05) is 0 Å². The van der Waals surface area contributed by atoms with E-state index in [1.54, 1.807) is 60.7 Å². The molecule has 0 atom stereocenters. The van der Waals surface area contributed by atoms with Crippen LogP contribution in [0.25, 0.3) is 0 Å². The van der Waals surface area contributed by atoms with Crippen molar-refractivity contribution in [2.45, 2.75) is 12.8 Å². The fourth-order valence-electron chi connectivity index (χ4n) is 3.60. The summed E-state index contributed by atoms with van der Waals surface area (Å²) < 4.78 is 12.4. The lowest BCUT2D eigenvalue weighted by atomic mass is 10.2. The van der Waals surface area contributed by atoms with Crippen molar-refractivity contribution in [3.8, 4) is 11.5 Å². The molecule has 234 valence electrons. The molecule has 0 unspecified atom stereocenters. The highest BCUT2D eigenvalue weighted by atomic mass is 79.9. The number of amides is 2. The molecule has 0 aromatic heterocycles. The minimum Gasteiger partial charge on any atom is -0.422 e. The van der Waals surface area contributed by atoms with Crippen molar-refractivity contribution < 1.29 is 28.7 Å². The van der Waals surface area contributed by atoms with Gasteiger partial charge in [0.1, 0.15) is 11.5 Å². The van der Waals surface area contributed by atoms with Gasteiger partial charge in [-0.3, -0.25) is 9.59 Å². The predicted molar refractivity (Wildman–Crippen MR) is 182 cm³/mol. The molecule has 2 amide bonds. The van der Waals surface area contributed by atoms with E-state index in [-0.39, 0.29) is 24.3 Å². The fourth-order valence-corrected chi connectivity index (χ4v) is 4.61. The van der Waals surface area contributed by atoms with E-state index < -0.39 is 23.8 Å². The van der Waals surface area contributed by atoms with Gasteiger partial charge in [-0.05, 0) is 84.9 Å². The molecule has 14 heteroatoms. The number of rotatable bonds is 11. The van der Waals surface area contributed by atoms with Crippen molar-refractivity contribution in [1.29, 1.82) is 0 Å². The lowest BCUT2D eigenvalue weighted by Gasteiger charge is -2.08. The second-order valence-corrected chi connectivity index (χ2v) is 11.9. The number of esters is 2. The average Bonchev–Trinajstić information content (AvgIpc) is 3.03. The molecule has 0 heterocycles. The maximum absolute atomic E-state index is 12.5. The molecular weight excluding hydrogens is 767 g/mol. The molecule has 0 spiro atoms. The van der Waals surface area contributed by atoms with Gasteiger partial charge in [-0.25, -0.2) is 20.4 Å². The summed E-state index contributed by atoms with van der Waals surface area (Å²) in [5.41, 5.74) is 6.11. The number of hydrogen-bond donors (Lipinski definition) is 2. The van der Waals surface area contributed by atoms with E-state index in [2.05, 4.69) is 52.9 Å². The molecule has 0 aliphatic heterocycles. The Morgan fingerprint density at radius 3 is 1.35 bits per heavy atom. The van der Waals surface area contributed by atoms with E-state index >= 15 is 0 Å². The first kappa shape index (κ1) is 34.5. The van der Waals surface area contributed by atoms with Crippen LogP contribution >= 0.6 is 55.1 Å². The predicted octanol–water partition coefficient (Wildman–Crippen LogP) is 7.34. The summed E-state index contributed by atoms with van der Waals surface area (Å²) in [5.74, 6) is -1.83. The largest absolute Gasteiger partial charge is 0.422 e. The number of nitrogens with one attached hydrogen (secondary N) is 2. The normalized spacial score (nSPS) is 11.0. The molecule has 4 aromatic rings. The first-order valence-electron chi connectivity index (χ1n) is 13.3. The average molecular weight is 789 g/mol. The minimum absolute atomic E-state index is 0.184. The van der Waals surface area contributed by atoms with Gasteiger partial charge in [0.25, 0.3) is 0 Å². The van der Waals surface area contributed by atoms with E-state index in [0.717, 1.165) is 0 Å². The molecule has 0 fully saturated rings. The van der Waals surface area contributed by atoms with Crippen LogP contribution in [0.5, 0.6) is 11.5 Å². The van der Waals surface area contributed by atoms with Crippen LogP contribution < -0.4 is 20.3 Å². The van der Waals surface area contributed by atoms with Gasteiger partial charge in [0.2, 0.25) is 11.8 Å². The summed E-state index contributed by atoms with van der Waals surface area (Å²) in [6, 6.07) is 22.3. The van der Waals surface area contributed by atoms with Gasteiger partial charge in [0.05, 0.1) is 23.6 Å². The molecule has 4 aromatic carbocycles. The molecule has 2 N–H and O–H groups in total. The smallest absolute Gasteiger partial charge is 0.343 e. The van der Waals surface area contributed by atoms with Gasteiger partial charge < -0.3 is 9.47 Å². The quantitative estimate of drug-likeness (QED) is 0.0707. The summed E-state index contributed by atoms with van der Waals surface area (Å²) >= 11 is 18.5. The Morgan fingerprint density at radius 1 is 0.609 bits per heavy atom. The van der Waals surface area contributed by atoms with Crippen molar-refractivity contribution in [1.82, 2.24) is 10.9 Å². The van der Waals surface area contributed by atoms with Gasteiger partial charge in [-0.2, -0.15) is 10.2 Å². The van der Waals surface area contributed by atoms with Crippen LogP contribution in [0.2, 0.25) is 10.0 Å². The topological polar surface area (TPSA) is 136 Å². The third-order valence-electron chi connectivity index (χ3n) is 5.87. The number of carbonyl (C=O) groups is 4. The Morgan fingerprint density at radius 2 is 0.978 bits per heavy atom. The number of hydrazone groups is 2. The Hall–Kier alpha value is -4.36. The van der Waals surface area contributed by atoms with E-state index in [9.17, 15) is 19.2 Å². The number of nitrogens with zero attached hydrogens (tertiary/aromatic N) is 2. The Balaban J connectivity index is 1.27. The van der Waals surface area contributed by atoms with Gasteiger partial charge in [-0.1, -0.05) is 55.1 Å².